The van der Waals surface area contributed by atoms with Gasteiger partial charge in [0.2, 0.25) is 5.91 Å². The Morgan fingerprint density at radius 2 is 2.20 bits per heavy atom. The predicted octanol–water partition coefficient (Wildman–Crippen LogP) is 2.03. The van der Waals surface area contributed by atoms with E-state index < -0.39 is 11.1 Å². The van der Waals surface area contributed by atoms with E-state index >= 15 is 0 Å². The minimum Gasteiger partial charge on any atom is -0.469 e. The van der Waals surface area contributed by atoms with E-state index in [-0.39, 0.29) is 24.0 Å². The van der Waals surface area contributed by atoms with E-state index in [4.69, 9.17) is 5.73 Å². The number of hydrogen-bond donors (Lipinski definition) is 2. The second-order valence-corrected chi connectivity index (χ2v) is 5.52. The molecule has 7 heteroatoms. The molecule has 5 nitrogen and oxygen atoms in total. The molecule has 1 rings (SSSR count). The van der Waals surface area contributed by atoms with E-state index in [0.717, 1.165) is 0 Å². The number of nitrogen functional groups attached to an aromatic ring is 1. The number of esters is 1. The number of thioether (sulfide) groups is 1. The van der Waals surface area contributed by atoms with Crippen molar-refractivity contribution in [2.75, 3.05) is 23.9 Å². The van der Waals surface area contributed by atoms with Crippen LogP contribution in [0.15, 0.2) is 18.2 Å². The van der Waals surface area contributed by atoms with Crippen molar-refractivity contribution in [3.8, 4) is 0 Å². The van der Waals surface area contributed by atoms with Crippen LogP contribution in [-0.4, -0.2) is 30.0 Å². The molecule has 1 aromatic carbocycles. The first-order valence-electron chi connectivity index (χ1n) is 5.98. The second-order valence-electron chi connectivity index (χ2n) is 4.07. The molecule has 1 amide bonds. The van der Waals surface area contributed by atoms with Crippen molar-refractivity contribution in [1.82, 2.24) is 0 Å². The zero-order valence-electron chi connectivity index (χ0n) is 11.3. The predicted molar refractivity (Wildman–Crippen MR) is 78.0 cm³/mol. The largest absolute Gasteiger partial charge is 0.469 e. The number of rotatable bonds is 6. The maximum atomic E-state index is 13.5. The average Bonchev–Trinajstić information content (AvgIpc) is 2.42. The van der Waals surface area contributed by atoms with Gasteiger partial charge in [0.15, 0.2) is 0 Å². The van der Waals surface area contributed by atoms with E-state index in [2.05, 4.69) is 10.1 Å². The molecule has 0 fully saturated rings. The molecule has 20 heavy (non-hydrogen) atoms. The zero-order chi connectivity index (χ0) is 15.1. The Hall–Kier alpha value is -1.76. The Bertz CT molecular complexity index is 497. The molecule has 0 radical (unpaired) electrons. The Labute approximate surface area is 121 Å². The maximum Gasteiger partial charge on any atom is 0.306 e. The van der Waals surface area contributed by atoms with Gasteiger partial charge in [0, 0.05) is 11.4 Å². The van der Waals surface area contributed by atoms with Crippen LogP contribution < -0.4 is 11.1 Å². The summed E-state index contributed by atoms with van der Waals surface area (Å²) in [4.78, 5) is 22.8. The number of nitrogens with one attached hydrogen (secondary N) is 1. The minimum atomic E-state index is -0.542. The van der Waals surface area contributed by atoms with Crippen LogP contribution in [0.2, 0.25) is 0 Å². The van der Waals surface area contributed by atoms with Crippen LogP contribution in [0.1, 0.15) is 13.3 Å². The normalized spacial score (nSPS) is 11.8. The van der Waals surface area contributed by atoms with Crippen molar-refractivity contribution in [3.05, 3.63) is 24.0 Å². The number of carbonyl (C=O) groups excluding carboxylic acids is 2. The highest BCUT2D eigenvalue weighted by Crippen LogP contribution is 2.20. The summed E-state index contributed by atoms with van der Waals surface area (Å²) in [5.74, 6) is -0.753. The third kappa shape index (κ3) is 5.08. The molecule has 0 heterocycles. The van der Waals surface area contributed by atoms with Crippen LogP contribution >= 0.6 is 11.8 Å². The summed E-state index contributed by atoms with van der Waals surface area (Å²) >= 11 is 1.29. The number of amides is 1. The van der Waals surface area contributed by atoms with Gasteiger partial charge in [-0.3, -0.25) is 9.59 Å². The van der Waals surface area contributed by atoms with Crippen LogP contribution in [0.5, 0.6) is 0 Å². The third-order valence-corrected chi connectivity index (χ3v) is 3.67. The number of hydrogen-bond acceptors (Lipinski definition) is 5. The highest BCUT2D eigenvalue weighted by Gasteiger charge is 2.16. The van der Waals surface area contributed by atoms with Crippen LogP contribution in [0.25, 0.3) is 0 Å². The molecule has 0 saturated carbocycles. The van der Waals surface area contributed by atoms with E-state index in [1.165, 1.54) is 37.1 Å². The van der Waals surface area contributed by atoms with Gasteiger partial charge in [-0.2, -0.15) is 0 Å². The molecule has 1 atom stereocenters. The summed E-state index contributed by atoms with van der Waals surface area (Å²) in [6, 6.07) is 3.97. The molecule has 0 saturated heterocycles. The fourth-order valence-corrected chi connectivity index (χ4v) is 2.22. The highest BCUT2D eigenvalue weighted by atomic mass is 32.2. The maximum absolute atomic E-state index is 13.5. The lowest BCUT2D eigenvalue weighted by Crippen LogP contribution is -2.23. The highest BCUT2D eigenvalue weighted by molar-refractivity contribution is 8.00. The van der Waals surface area contributed by atoms with Crippen molar-refractivity contribution in [3.63, 3.8) is 0 Å². The van der Waals surface area contributed by atoms with E-state index in [1.54, 1.807) is 6.92 Å². The summed E-state index contributed by atoms with van der Waals surface area (Å²) in [6.07, 6.45) is 0.228. The monoisotopic (exact) mass is 300 g/mol. The fraction of sp³-hybridized carbons (Fsp3) is 0.385. The first kappa shape index (κ1) is 16.3. The Balaban J connectivity index is 2.49. The van der Waals surface area contributed by atoms with E-state index in [0.29, 0.717) is 11.4 Å². The second kappa shape index (κ2) is 7.74. The van der Waals surface area contributed by atoms with Crippen LogP contribution in [0, 0.1) is 5.82 Å². The Morgan fingerprint density at radius 1 is 1.50 bits per heavy atom. The number of benzene rings is 1. The molecule has 1 aromatic rings. The van der Waals surface area contributed by atoms with Gasteiger partial charge in [-0.25, -0.2) is 4.39 Å². The molecule has 3 N–H and O–H groups in total. The number of ether oxygens (including phenoxy) is 1. The van der Waals surface area contributed by atoms with Crippen molar-refractivity contribution in [2.24, 2.45) is 0 Å². The first-order valence-corrected chi connectivity index (χ1v) is 7.03. The topological polar surface area (TPSA) is 81.4 Å². The van der Waals surface area contributed by atoms with E-state index in [9.17, 15) is 14.0 Å². The molecule has 0 spiro atoms. The summed E-state index contributed by atoms with van der Waals surface area (Å²) in [7, 11) is 1.31. The number of methoxy groups -OCH3 is 1. The van der Waals surface area contributed by atoms with Crippen molar-refractivity contribution in [2.45, 2.75) is 18.6 Å². The lowest BCUT2D eigenvalue weighted by molar-refractivity contribution is -0.140. The summed E-state index contributed by atoms with van der Waals surface area (Å²) in [5, 5.41) is 2.06. The van der Waals surface area contributed by atoms with Gasteiger partial charge in [-0.05, 0) is 25.1 Å². The minimum absolute atomic E-state index is 0.0513. The van der Waals surface area contributed by atoms with Gasteiger partial charge in [-0.15, -0.1) is 11.8 Å². The smallest absolute Gasteiger partial charge is 0.306 e. The van der Waals surface area contributed by atoms with Crippen LogP contribution in [-0.2, 0) is 14.3 Å². The molecule has 110 valence electrons. The van der Waals surface area contributed by atoms with E-state index in [1.807, 2.05) is 0 Å². The molecule has 0 aliphatic rings. The fourth-order valence-electron chi connectivity index (χ4n) is 1.37. The SMILES string of the molecule is COC(=O)CCSC(C)C(=O)Nc1cc(N)ccc1F. The summed E-state index contributed by atoms with van der Waals surface area (Å²) in [5.41, 5.74) is 5.95. The lowest BCUT2D eigenvalue weighted by atomic mass is 10.2. The number of halogens is 1. The van der Waals surface area contributed by atoms with Crippen molar-refractivity contribution < 1.29 is 18.7 Å². The number of anilines is 2. The quantitative estimate of drug-likeness (QED) is 0.620. The standard InChI is InChI=1S/C13H17FN2O3S/c1-8(20-6-5-12(17)19-2)13(18)16-11-7-9(15)3-4-10(11)14/h3-4,7-8H,5-6,15H2,1-2H3,(H,16,18). The van der Waals surface area contributed by atoms with Gasteiger partial charge in [0.1, 0.15) is 5.82 Å². The Morgan fingerprint density at radius 3 is 2.85 bits per heavy atom. The molecule has 1 unspecified atom stereocenters. The molecule has 0 aromatic heterocycles. The molecular weight excluding hydrogens is 283 g/mol. The van der Waals surface area contributed by atoms with Crippen LogP contribution in [0.4, 0.5) is 15.8 Å². The van der Waals surface area contributed by atoms with Crippen molar-refractivity contribution in [1.29, 1.82) is 0 Å². The van der Waals surface area contributed by atoms with Gasteiger partial charge in [0.05, 0.1) is 24.5 Å². The van der Waals surface area contributed by atoms with Crippen molar-refractivity contribution >= 4 is 35.0 Å². The molecule has 0 bridgehead atoms. The zero-order valence-corrected chi connectivity index (χ0v) is 12.1. The molecule has 0 aliphatic heterocycles. The van der Waals surface area contributed by atoms with Gasteiger partial charge >= 0.3 is 5.97 Å². The third-order valence-electron chi connectivity index (χ3n) is 2.52. The molecular formula is C13H17FN2O3S. The number of carbonyl (C=O) groups is 2. The Kier molecular flexibility index (Phi) is 6.30. The first-order chi connectivity index (χ1) is 9.43. The summed E-state index contributed by atoms with van der Waals surface area (Å²) < 4.78 is 18.0. The van der Waals surface area contributed by atoms with Gasteiger partial charge in [0.25, 0.3) is 0 Å². The average molecular weight is 300 g/mol. The summed E-state index contributed by atoms with van der Waals surface area (Å²) in [6.45, 7) is 1.68. The number of nitrogens with two attached hydrogens (primary N) is 1. The molecule has 0 aliphatic carbocycles. The lowest BCUT2D eigenvalue weighted by Gasteiger charge is -2.12. The van der Waals surface area contributed by atoms with Gasteiger partial charge < -0.3 is 15.8 Å². The van der Waals surface area contributed by atoms with Gasteiger partial charge in [-0.1, -0.05) is 0 Å². The van der Waals surface area contributed by atoms with Crippen LogP contribution in [0.3, 0.4) is 0 Å².